The summed E-state index contributed by atoms with van der Waals surface area (Å²) >= 11 is 14.5. The Balaban J connectivity index is 1.61. The van der Waals surface area contributed by atoms with Crippen LogP contribution in [0.3, 0.4) is 0 Å². The smallest absolute Gasteiger partial charge is 0.283 e. The van der Waals surface area contributed by atoms with Gasteiger partial charge >= 0.3 is 0 Å². The average Bonchev–Trinajstić information content (AvgIpc) is 3.45. The molecule has 178 valence electrons. The van der Waals surface area contributed by atoms with Crippen LogP contribution >= 0.6 is 34.5 Å². The molecular weight excluding hydrogens is 487 g/mol. The second kappa shape index (κ2) is 9.86. The van der Waals surface area contributed by atoms with E-state index in [4.69, 9.17) is 28.3 Å². The molecule has 1 fully saturated rings. The highest BCUT2D eigenvalue weighted by Crippen LogP contribution is 2.38. The van der Waals surface area contributed by atoms with Crippen molar-refractivity contribution >= 4 is 52.1 Å². The number of nitrogens with zero attached hydrogens (tertiary/aromatic N) is 3. The number of rotatable bonds is 4. The molecule has 3 heterocycles. The van der Waals surface area contributed by atoms with Gasteiger partial charge in [-0.2, -0.15) is 5.10 Å². The van der Waals surface area contributed by atoms with Crippen molar-refractivity contribution in [3.05, 3.63) is 67.6 Å². The Kier molecular flexibility index (Phi) is 6.85. The Morgan fingerprint density at radius 1 is 1.15 bits per heavy atom. The summed E-state index contributed by atoms with van der Waals surface area (Å²) in [6.07, 6.45) is 8.24. The molecule has 3 aromatic rings. The summed E-state index contributed by atoms with van der Waals surface area (Å²) in [4.78, 5) is 14.8. The van der Waals surface area contributed by atoms with Crippen molar-refractivity contribution in [1.82, 2.24) is 20.2 Å². The molecule has 1 N–H and O–H groups in total. The summed E-state index contributed by atoms with van der Waals surface area (Å²) in [7, 11) is 0. The first kappa shape index (κ1) is 23.6. The maximum absolute atomic E-state index is 13.6. The SMILES string of the molecule is CC1CCCC(C)N1NC(=O)c1nn(-c2ccc(Cl)cc2Cl)c2c1CCCC2=Cc1cccs1. The molecular formula is C26H28Cl2N4OS. The monoisotopic (exact) mass is 514 g/mol. The van der Waals surface area contributed by atoms with Crippen molar-refractivity contribution in [3.8, 4) is 5.69 Å². The van der Waals surface area contributed by atoms with E-state index in [-0.39, 0.29) is 5.91 Å². The molecule has 2 aliphatic rings. The van der Waals surface area contributed by atoms with Crippen molar-refractivity contribution < 1.29 is 4.79 Å². The van der Waals surface area contributed by atoms with Crippen LogP contribution in [0, 0.1) is 0 Å². The minimum atomic E-state index is -0.155. The summed E-state index contributed by atoms with van der Waals surface area (Å²) in [5, 5.41) is 10.1. The number of hydrazine groups is 1. The Hall–Kier alpha value is -2.12. The number of thiophene rings is 1. The number of carbonyl (C=O) groups excluding carboxylic acids is 1. The lowest BCUT2D eigenvalue weighted by Crippen LogP contribution is -2.54. The number of nitrogens with one attached hydrogen (secondary N) is 1. The summed E-state index contributed by atoms with van der Waals surface area (Å²) in [6, 6.07) is 10.1. The zero-order valence-corrected chi connectivity index (χ0v) is 21.7. The zero-order chi connectivity index (χ0) is 23.8. The van der Waals surface area contributed by atoms with Crippen LogP contribution in [0.4, 0.5) is 0 Å². The van der Waals surface area contributed by atoms with Gasteiger partial charge in [-0.15, -0.1) is 11.3 Å². The first-order valence-corrected chi connectivity index (χ1v) is 13.5. The van der Waals surface area contributed by atoms with Gasteiger partial charge in [0.1, 0.15) is 0 Å². The van der Waals surface area contributed by atoms with E-state index in [1.54, 1.807) is 23.5 Å². The number of halogens is 2. The van der Waals surface area contributed by atoms with Crippen molar-refractivity contribution in [2.75, 3.05) is 0 Å². The van der Waals surface area contributed by atoms with E-state index in [9.17, 15) is 4.79 Å². The number of fused-ring (bicyclic) bond motifs is 1. The summed E-state index contributed by atoms with van der Waals surface area (Å²) in [5.74, 6) is -0.155. The number of piperidine rings is 1. The lowest BCUT2D eigenvalue weighted by molar-refractivity contribution is 0.0365. The fraction of sp³-hybridized carbons (Fsp3) is 0.385. The van der Waals surface area contributed by atoms with Gasteiger partial charge in [0.05, 0.1) is 16.4 Å². The number of allylic oxidation sites excluding steroid dienone is 1. The Labute approximate surface area is 214 Å². The molecule has 1 saturated heterocycles. The first-order valence-electron chi connectivity index (χ1n) is 11.8. The third kappa shape index (κ3) is 4.57. The maximum atomic E-state index is 13.6. The van der Waals surface area contributed by atoms with Crippen molar-refractivity contribution in [1.29, 1.82) is 0 Å². The third-order valence-corrected chi connectivity index (χ3v) is 8.15. The van der Waals surface area contributed by atoms with E-state index >= 15 is 0 Å². The normalized spacial score (nSPS) is 22.1. The highest BCUT2D eigenvalue weighted by Gasteiger charge is 2.32. The summed E-state index contributed by atoms with van der Waals surface area (Å²) in [6.45, 7) is 4.33. The van der Waals surface area contributed by atoms with Crippen LogP contribution in [0.5, 0.6) is 0 Å². The number of aromatic nitrogens is 2. The van der Waals surface area contributed by atoms with Crippen LogP contribution in [-0.2, 0) is 6.42 Å². The Morgan fingerprint density at radius 3 is 2.65 bits per heavy atom. The molecule has 2 unspecified atom stereocenters. The van der Waals surface area contributed by atoms with E-state index in [1.165, 1.54) is 16.9 Å². The Morgan fingerprint density at radius 2 is 1.94 bits per heavy atom. The molecule has 0 saturated carbocycles. The quantitative estimate of drug-likeness (QED) is 0.406. The predicted molar refractivity (Wildman–Crippen MR) is 141 cm³/mol. The van der Waals surface area contributed by atoms with Gasteiger partial charge in [0.25, 0.3) is 5.91 Å². The lowest BCUT2D eigenvalue weighted by atomic mass is 9.90. The largest absolute Gasteiger partial charge is 0.286 e. The lowest BCUT2D eigenvalue weighted by Gasteiger charge is -2.38. The van der Waals surface area contributed by atoms with Crippen molar-refractivity contribution in [2.24, 2.45) is 0 Å². The fourth-order valence-electron chi connectivity index (χ4n) is 5.10. The minimum absolute atomic E-state index is 0.155. The van der Waals surface area contributed by atoms with Gasteiger partial charge in [-0.3, -0.25) is 10.2 Å². The number of carbonyl (C=O) groups is 1. The topological polar surface area (TPSA) is 50.2 Å². The number of hydrogen-bond acceptors (Lipinski definition) is 4. The Bertz CT molecular complexity index is 1220. The van der Waals surface area contributed by atoms with Gasteiger partial charge in [0.2, 0.25) is 0 Å². The average molecular weight is 516 g/mol. The molecule has 1 aromatic carbocycles. The van der Waals surface area contributed by atoms with Gasteiger partial charge in [-0.1, -0.05) is 35.7 Å². The summed E-state index contributed by atoms with van der Waals surface area (Å²) in [5.41, 5.74) is 7.49. The maximum Gasteiger partial charge on any atom is 0.286 e. The van der Waals surface area contributed by atoms with Crippen LogP contribution in [0.1, 0.15) is 72.6 Å². The molecule has 0 spiro atoms. The standard InChI is InChI=1S/C26H28Cl2N4OS/c1-16-6-3-7-17(2)31(16)30-26(33)24-21-10-4-8-18(14-20-9-5-13-34-20)25(21)32(29-24)23-12-11-19(27)15-22(23)28/h5,9,11-17H,3-4,6-8,10H2,1-2H3,(H,30,33). The molecule has 1 aliphatic carbocycles. The molecule has 34 heavy (non-hydrogen) atoms. The van der Waals surface area contributed by atoms with Crippen LogP contribution < -0.4 is 5.43 Å². The van der Waals surface area contributed by atoms with E-state index in [2.05, 4.69) is 41.8 Å². The van der Waals surface area contributed by atoms with Crippen molar-refractivity contribution in [3.63, 3.8) is 0 Å². The van der Waals surface area contributed by atoms with Gasteiger partial charge < -0.3 is 0 Å². The van der Waals surface area contributed by atoms with Gasteiger partial charge in [0, 0.05) is 27.5 Å². The number of amides is 1. The molecule has 0 radical (unpaired) electrons. The molecule has 2 aromatic heterocycles. The third-order valence-electron chi connectivity index (χ3n) is 6.80. The van der Waals surface area contributed by atoms with E-state index < -0.39 is 0 Å². The number of hydrogen-bond donors (Lipinski definition) is 1. The minimum Gasteiger partial charge on any atom is -0.283 e. The van der Waals surface area contributed by atoms with Crippen LogP contribution in [0.15, 0.2) is 35.7 Å². The van der Waals surface area contributed by atoms with E-state index in [0.29, 0.717) is 27.8 Å². The van der Waals surface area contributed by atoms with E-state index in [0.717, 1.165) is 49.0 Å². The summed E-state index contributed by atoms with van der Waals surface area (Å²) < 4.78 is 1.84. The second-order valence-electron chi connectivity index (χ2n) is 9.20. The molecule has 1 amide bonds. The first-order chi connectivity index (χ1) is 16.4. The van der Waals surface area contributed by atoms with Crippen LogP contribution in [-0.4, -0.2) is 32.8 Å². The molecule has 2 atom stereocenters. The van der Waals surface area contributed by atoms with Gasteiger partial charge in [-0.25, -0.2) is 9.69 Å². The second-order valence-corrected chi connectivity index (χ2v) is 11.0. The molecule has 1 aliphatic heterocycles. The van der Waals surface area contributed by atoms with Gasteiger partial charge in [-0.05, 0) is 87.2 Å². The predicted octanol–water partition coefficient (Wildman–Crippen LogP) is 7.03. The van der Waals surface area contributed by atoms with Crippen molar-refractivity contribution in [2.45, 2.75) is 64.5 Å². The zero-order valence-electron chi connectivity index (χ0n) is 19.4. The molecule has 5 rings (SSSR count). The number of benzene rings is 1. The highest BCUT2D eigenvalue weighted by molar-refractivity contribution is 7.10. The van der Waals surface area contributed by atoms with E-state index in [1.807, 2.05) is 16.8 Å². The fourth-order valence-corrected chi connectivity index (χ4v) is 6.27. The highest BCUT2D eigenvalue weighted by atomic mass is 35.5. The van der Waals surface area contributed by atoms with Gasteiger partial charge in [0.15, 0.2) is 5.69 Å². The molecule has 8 heteroatoms. The van der Waals surface area contributed by atoms with Crippen LogP contribution in [0.2, 0.25) is 10.0 Å². The molecule has 0 bridgehead atoms. The molecule has 5 nitrogen and oxygen atoms in total. The van der Waals surface area contributed by atoms with Crippen LogP contribution in [0.25, 0.3) is 17.3 Å².